The van der Waals surface area contributed by atoms with Crippen LogP contribution in [0.4, 0.5) is 0 Å². The van der Waals surface area contributed by atoms with Gasteiger partial charge in [0.15, 0.2) is 0 Å². The quantitative estimate of drug-likeness (QED) is 0.594. The van der Waals surface area contributed by atoms with Gasteiger partial charge < -0.3 is 4.74 Å². The van der Waals surface area contributed by atoms with Crippen molar-refractivity contribution in [3.8, 4) is 0 Å². The summed E-state index contributed by atoms with van der Waals surface area (Å²) in [6, 6.07) is 0.735. The number of nitrogens with zero attached hydrogens (tertiary/aromatic N) is 1. The van der Waals surface area contributed by atoms with E-state index >= 15 is 0 Å². The molecule has 0 saturated carbocycles. The van der Waals surface area contributed by atoms with Gasteiger partial charge in [-0.25, -0.2) is 0 Å². The molecule has 0 aromatic rings. The molecule has 2 atom stereocenters. The molecule has 2 rings (SSSR count). The Hall–Kier alpha value is -0.0800. The maximum Gasteiger partial charge on any atom is 0.0998 e. The number of ether oxygens (including phenoxy) is 1. The zero-order chi connectivity index (χ0) is 8.55. The summed E-state index contributed by atoms with van der Waals surface area (Å²) in [5, 5.41) is 0. The van der Waals surface area contributed by atoms with Crippen LogP contribution in [0.1, 0.15) is 33.1 Å². The smallest absolute Gasteiger partial charge is 0.0998 e. The number of hydrogen-bond acceptors (Lipinski definition) is 2. The molecule has 0 radical (unpaired) electrons. The first-order valence-corrected chi connectivity index (χ1v) is 5.14. The predicted molar refractivity (Wildman–Crippen MR) is 48.9 cm³/mol. The zero-order valence-electron chi connectivity index (χ0n) is 8.12. The van der Waals surface area contributed by atoms with Gasteiger partial charge in [-0.3, -0.25) is 4.90 Å². The zero-order valence-corrected chi connectivity index (χ0v) is 8.12. The molecule has 2 heterocycles. The molecule has 0 aromatic heterocycles. The van der Waals surface area contributed by atoms with Crippen LogP contribution in [0.3, 0.4) is 0 Å². The van der Waals surface area contributed by atoms with Crippen molar-refractivity contribution in [2.24, 2.45) is 5.92 Å². The average molecular weight is 169 g/mol. The molecule has 70 valence electrons. The van der Waals surface area contributed by atoms with E-state index in [0.29, 0.717) is 12.0 Å². The fourth-order valence-corrected chi connectivity index (χ4v) is 2.48. The third-order valence-corrected chi connectivity index (χ3v) is 3.13. The van der Waals surface area contributed by atoms with E-state index in [1.807, 2.05) is 0 Å². The Morgan fingerprint density at radius 3 is 2.92 bits per heavy atom. The average Bonchev–Trinajstić information content (AvgIpc) is 2.47. The van der Waals surface area contributed by atoms with Crippen LogP contribution < -0.4 is 0 Å². The Kier molecular flexibility index (Phi) is 2.37. The van der Waals surface area contributed by atoms with E-state index in [0.717, 1.165) is 12.8 Å². The Morgan fingerprint density at radius 1 is 1.33 bits per heavy atom. The minimum absolute atomic E-state index is 0.505. The third kappa shape index (κ3) is 1.38. The standard InChI is InChI=1S/C10H19NO/c1-8(2)10-9-5-3-4-6-11(9)7-12-10/h8-10H,3-7H2,1-2H3. The van der Waals surface area contributed by atoms with Crippen LogP contribution in [0.15, 0.2) is 0 Å². The summed E-state index contributed by atoms with van der Waals surface area (Å²) in [5.41, 5.74) is 0. The lowest BCUT2D eigenvalue weighted by molar-refractivity contribution is 0.0615. The first-order valence-electron chi connectivity index (χ1n) is 5.14. The first-order chi connectivity index (χ1) is 5.79. The molecule has 2 nitrogen and oxygen atoms in total. The molecule has 2 heteroatoms. The summed E-state index contributed by atoms with van der Waals surface area (Å²) in [5.74, 6) is 0.679. The number of piperidine rings is 1. The van der Waals surface area contributed by atoms with Crippen molar-refractivity contribution in [3.05, 3.63) is 0 Å². The minimum atomic E-state index is 0.505. The molecule has 12 heavy (non-hydrogen) atoms. The molecule has 0 amide bonds. The van der Waals surface area contributed by atoms with Gasteiger partial charge >= 0.3 is 0 Å². The molecule has 0 spiro atoms. The molecule has 2 aliphatic heterocycles. The molecule has 0 N–H and O–H groups in total. The lowest BCUT2D eigenvalue weighted by atomic mass is 9.93. The van der Waals surface area contributed by atoms with Crippen molar-refractivity contribution >= 4 is 0 Å². The van der Waals surface area contributed by atoms with Crippen LogP contribution in [0, 0.1) is 5.92 Å². The second kappa shape index (κ2) is 3.35. The predicted octanol–water partition coefficient (Wildman–Crippen LogP) is 1.85. The van der Waals surface area contributed by atoms with Gasteiger partial charge in [-0.15, -0.1) is 0 Å². The topological polar surface area (TPSA) is 12.5 Å². The van der Waals surface area contributed by atoms with Crippen molar-refractivity contribution in [3.63, 3.8) is 0 Å². The second-order valence-corrected chi connectivity index (χ2v) is 4.38. The monoisotopic (exact) mass is 169 g/mol. The van der Waals surface area contributed by atoms with Crippen LogP contribution in [-0.2, 0) is 4.74 Å². The Bertz CT molecular complexity index is 158. The first kappa shape index (κ1) is 8.52. The van der Waals surface area contributed by atoms with Gasteiger partial charge in [0.05, 0.1) is 12.8 Å². The fourth-order valence-electron chi connectivity index (χ4n) is 2.48. The van der Waals surface area contributed by atoms with Gasteiger partial charge in [0.1, 0.15) is 0 Å². The maximum atomic E-state index is 5.79. The fraction of sp³-hybridized carbons (Fsp3) is 1.00. The van der Waals surface area contributed by atoms with E-state index < -0.39 is 0 Å². The van der Waals surface area contributed by atoms with Crippen LogP contribution in [0.2, 0.25) is 0 Å². The summed E-state index contributed by atoms with van der Waals surface area (Å²) < 4.78 is 5.79. The van der Waals surface area contributed by atoms with Crippen LogP contribution in [-0.4, -0.2) is 30.3 Å². The number of fused-ring (bicyclic) bond motifs is 1. The van der Waals surface area contributed by atoms with Crippen molar-refractivity contribution in [1.82, 2.24) is 4.90 Å². The lowest BCUT2D eigenvalue weighted by Gasteiger charge is -2.31. The van der Waals surface area contributed by atoms with Crippen LogP contribution in [0.25, 0.3) is 0 Å². The highest BCUT2D eigenvalue weighted by molar-refractivity contribution is 4.88. The molecule has 2 aliphatic rings. The van der Waals surface area contributed by atoms with Crippen molar-refractivity contribution in [2.75, 3.05) is 13.3 Å². The van der Waals surface area contributed by atoms with E-state index in [4.69, 9.17) is 4.74 Å². The van der Waals surface area contributed by atoms with Crippen molar-refractivity contribution in [1.29, 1.82) is 0 Å². The summed E-state index contributed by atoms with van der Waals surface area (Å²) >= 11 is 0. The molecule has 0 bridgehead atoms. The van der Waals surface area contributed by atoms with E-state index in [-0.39, 0.29) is 0 Å². The second-order valence-electron chi connectivity index (χ2n) is 4.38. The van der Waals surface area contributed by atoms with Gasteiger partial charge in [-0.1, -0.05) is 20.3 Å². The Morgan fingerprint density at radius 2 is 2.17 bits per heavy atom. The summed E-state index contributed by atoms with van der Waals surface area (Å²) in [7, 11) is 0. The van der Waals surface area contributed by atoms with E-state index in [2.05, 4.69) is 18.7 Å². The third-order valence-electron chi connectivity index (χ3n) is 3.13. The van der Waals surface area contributed by atoms with Gasteiger partial charge in [-0.05, 0) is 18.8 Å². The Labute approximate surface area is 74.9 Å². The van der Waals surface area contributed by atoms with Gasteiger partial charge in [0.25, 0.3) is 0 Å². The maximum absolute atomic E-state index is 5.79. The largest absolute Gasteiger partial charge is 0.361 e. The molecule has 0 aliphatic carbocycles. The van der Waals surface area contributed by atoms with Crippen molar-refractivity contribution in [2.45, 2.75) is 45.3 Å². The molecular formula is C10H19NO. The van der Waals surface area contributed by atoms with Crippen LogP contribution >= 0.6 is 0 Å². The molecule has 2 unspecified atom stereocenters. The highest BCUT2D eigenvalue weighted by Crippen LogP contribution is 2.30. The van der Waals surface area contributed by atoms with Crippen molar-refractivity contribution < 1.29 is 4.74 Å². The van der Waals surface area contributed by atoms with Gasteiger partial charge in [0.2, 0.25) is 0 Å². The molecule has 0 aromatic carbocycles. The SMILES string of the molecule is CC(C)C1OCN2CCCCC12. The minimum Gasteiger partial charge on any atom is -0.361 e. The van der Waals surface area contributed by atoms with E-state index in [1.54, 1.807) is 0 Å². The number of rotatable bonds is 1. The van der Waals surface area contributed by atoms with E-state index in [9.17, 15) is 0 Å². The Balaban J connectivity index is 2.01. The highest BCUT2D eigenvalue weighted by atomic mass is 16.5. The highest BCUT2D eigenvalue weighted by Gasteiger charge is 2.37. The molecule has 2 saturated heterocycles. The van der Waals surface area contributed by atoms with Crippen LogP contribution in [0.5, 0.6) is 0 Å². The summed E-state index contributed by atoms with van der Waals surface area (Å²) in [6.07, 6.45) is 4.62. The lowest BCUT2D eigenvalue weighted by Crippen LogP contribution is -2.40. The van der Waals surface area contributed by atoms with Gasteiger partial charge in [-0.2, -0.15) is 0 Å². The summed E-state index contributed by atoms with van der Waals surface area (Å²) in [6.45, 7) is 6.67. The summed E-state index contributed by atoms with van der Waals surface area (Å²) in [4.78, 5) is 2.51. The van der Waals surface area contributed by atoms with E-state index in [1.165, 1.54) is 25.8 Å². The molecule has 2 fully saturated rings. The molecular weight excluding hydrogens is 150 g/mol. The number of hydrogen-bond donors (Lipinski definition) is 0. The van der Waals surface area contributed by atoms with Gasteiger partial charge in [0, 0.05) is 12.6 Å². The normalized spacial score (nSPS) is 37.2.